The number of aromatic amines is 1. The average molecular weight is 488 g/mol. The molecule has 0 radical (unpaired) electrons. The van der Waals surface area contributed by atoms with Gasteiger partial charge in [0.1, 0.15) is 5.75 Å². The molecule has 9 heteroatoms. The second kappa shape index (κ2) is 8.74. The Kier molecular flexibility index (Phi) is 5.52. The lowest BCUT2D eigenvalue weighted by Crippen LogP contribution is -2.55. The molecule has 1 aromatic heterocycles. The van der Waals surface area contributed by atoms with Crippen LogP contribution in [0.5, 0.6) is 5.75 Å². The van der Waals surface area contributed by atoms with Crippen molar-refractivity contribution in [3.8, 4) is 5.75 Å². The van der Waals surface area contributed by atoms with E-state index < -0.39 is 5.54 Å². The summed E-state index contributed by atoms with van der Waals surface area (Å²) in [5.41, 5.74) is 2.67. The van der Waals surface area contributed by atoms with Gasteiger partial charge in [-0.1, -0.05) is 24.3 Å². The van der Waals surface area contributed by atoms with Gasteiger partial charge in [0.05, 0.1) is 28.8 Å². The minimum atomic E-state index is -0.394. The number of hydrogen-bond donors (Lipinski definition) is 2. The molecule has 3 aromatic rings. The van der Waals surface area contributed by atoms with Crippen LogP contribution in [0.2, 0.25) is 0 Å². The van der Waals surface area contributed by atoms with Crippen molar-refractivity contribution in [2.24, 2.45) is 0 Å². The van der Waals surface area contributed by atoms with E-state index in [4.69, 9.17) is 4.74 Å². The number of likely N-dealkylation sites (N-methyl/N-ethyl adjacent to an activating group) is 1. The minimum Gasteiger partial charge on any atom is -0.492 e. The second-order valence-corrected chi connectivity index (χ2v) is 9.87. The third kappa shape index (κ3) is 3.83. The maximum atomic E-state index is 13.6. The molecular formula is C27H29N5O4. The first-order chi connectivity index (χ1) is 17.5. The molecule has 3 heterocycles. The number of piperazine rings is 1. The molecule has 6 rings (SSSR count). The zero-order valence-corrected chi connectivity index (χ0v) is 20.3. The molecule has 3 aliphatic rings. The van der Waals surface area contributed by atoms with Gasteiger partial charge in [-0.2, -0.15) is 5.10 Å². The van der Waals surface area contributed by atoms with E-state index in [1.807, 2.05) is 41.1 Å². The van der Waals surface area contributed by atoms with Gasteiger partial charge in [0, 0.05) is 44.4 Å². The number of carbonyl (C=O) groups excluding carboxylic acids is 2. The predicted octanol–water partition coefficient (Wildman–Crippen LogP) is 1.49. The van der Waals surface area contributed by atoms with Crippen molar-refractivity contribution in [2.45, 2.75) is 31.2 Å². The van der Waals surface area contributed by atoms with Crippen molar-refractivity contribution >= 4 is 22.6 Å². The lowest BCUT2D eigenvalue weighted by Gasteiger charge is -2.36. The minimum absolute atomic E-state index is 0.0730. The number of aromatic nitrogens is 2. The number of nitrogens with zero attached hydrogens (tertiary/aromatic N) is 3. The fraction of sp³-hybridized carbons (Fsp3) is 0.407. The number of rotatable bonds is 5. The second-order valence-electron chi connectivity index (χ2n) is 9.87. The lowest BCUT2D eigenvalue weighted by atomic mass is 9.98. The maximum Gasteiger partial charge on any atom is 0.272 e. The summed E-state index contributed by atoms with van der Waals surface area (Å²) in [7, 11) is 1.84. The summed E-state index contributed by atoms with van der Waals surface area (Å²) < 4.78 is 5.88. The van der Waals surface area contributed by atoms with E-state index in [1.54, 1.807) is 6.07 Å². The van der Waals surface area contributed by atoms with E-state index in [2.05, 4.69) is 21.6 Å². The normalized spacial score (nSPS) is 18.1. The highest BCUT2D eigenvalue weighted by Gasteiger charge is 2.50. The molecular weight excluding hydrogens is 458 g/mol. The number of carbonyl (C=O) groups is 2. The highest BCUT2D eigenvalue weighted by Crippen LogP contribution is 2.37. The van der Waals surface area contributed by atoms with Gasteiger partial charge in [-0.25, -0.2) is 5.10 Å². The smallest absolute Gasteiger partial charge is 0.272 e. The van der Waals surface area contributed by atoms with Crippen LogP contribution in [0.25, 0.3) is 10.8 Å². The van der Waals surface area contributed by atoms with Gasteiger partial charge >= 0.3 is 0 Å². The zero-order chi connectivity index (χ0) is 24.9. The lowest BCUT2D eigenvalue weighted by molar-refractivity contribution is -0.135. The standard InChI is InChI=1S/C27H29N5O4/c1-28-27(7-8-27)26(35)32-11-9-31(10-12-32)25(34)21-15-17(14-18-6-13-36-23(18)21)16-22-19-4-2-3-5-20(19)24(33)30-29-22/h2-5,14-15,28H,6-13,16H2,1H3,(H,30,33). The molecule has 0 unspecified atom stereocenters. The highest BCUT2D eigenvalue weighted by molar-refractivity contribution is 5.98. The monoisotopic (exact) mass is 487 g/mol. The van der Waals surface area contributed by atoms with Crippen LogP contribution in [-0.2, 0) is 17.6 Å². The van der Waals surface area contributed by atoms with Crippen LogP contribution < -0.4 is 15.6 Å². The van der Waals surface area contributed by atoms with Crippen LogP contribution in [0, 0.1) is 0 Å². The fourth-order valence-electron chi connectivity index (χ4n) is 5.42. The van der Waals surface area contributed by atoms with E-state index in [-0.39, 0.29) is 17.4 Å². The van der Waals surface area contributed by atoms with Crippen molar-refractivity contribution in [3.05, 3.63) is 69.1 Å². The van der Waals surface area contributed by atoms with Gasteiger partial charge in [-0.3, -0.25) is 14.4 Å². The third-order valence-corrected chi connectivity index (χ3v) is 7.71. The van der Waals surface area contributed by atoms with Gasteiger partial charge in [0.15, 0.2) is 0 Å². The fourth-order valence-corrected chi connectivity index (χ4v) is 5.42. The molecule has 0 atom stereocenters. The molecule has 0 spiro atoms. The number of benzene rings is 2. The summed E-state index contributed by atoms with van der Waals surface area (Å²) >= 11 is 0. The summed E-state index contributed by atoms with van der Waals surface area (Å²) in [6.45, 7) is 2.60. The van der Waals surface area contributed by atoms with Crippen molar-refractivity contribution in [1.82, 2.24) is 25.3 Å². The van der Waals surface area contributed by atoms with Crippen LogP contribution in [-0.4, -0.2) is 77.2 Å². The Morgan fingerprint density at radius 2 is 1.81 bits per heavy atom. The number of H-pyrrole nitrogens is 1. The molecule has 186 valence electrons. The van der Waals surface area contributed by atoms with E-state index in [9.17, 15) is 14.4 Å². The van der Waals surface area contributed by atoms with Crippen molar-refractivity contribution < 1.29 is 14.3 Å². The number of amides is 2. The Morgan fingerprint density at radius 3 is 2.53 bits per heavy atom. The zero-order valence-electron chi connectivity index (χ0n) is 20.3. The van der Waals surface area contributed by atoms with Crippen LogP contribution >= 0.6 is 0 Å². The summed E-state index contributed by atoms with van der Waals surface area (Å²) in [6, 6.07) is 11.4. The molecule has 36 heavy (non-hydrogen) atoms. The number of fused-ring (bicyclic) bond motifs is 2. The Morgan fingerprint density at radius 1 is 1.08 bits per heavy atom. The largest absolute Gasteiger partial charge is 0.492 e. The molecule has 1 saturated heterocycles. The molecule has 1 saturated carbocycles. The Bertz CT molecular complexity index is 1420. The number of nitrogens with one attached hydrogen (secondary N) is 2. The molecule has 9 nitrogen and oxygen atoms in total. The van der Waals surface area contributed by atoms with Crippen LogP contribution in [0.15, 0.2) is 41.2 Å². The van der Waals surface area contributed by atoms with Crippen molar-refractivity contribution in [3.63, 3.8) is 0 Å². The Labute approximate surface area is 208 Å². The summed E-state index contributed by atoms with van der Waals surface area (Å²) in [5.74, 6) is 0.730. The molecule has 2 fully saturated rings. The van der Waals surface area contributed by atoms with Crippen molar-refractivity contribution in [2.75, 3.05) is 39.8 Å². The summed E-state index contributed by atoms with van der Waals surface area (Å²) in [6.07, 6.45) is 2.98. The van der Waals surface area contributed by atoms with Gasteiger partial charge in [-0.15, -0.1) is 0 Å². The van der Waals surface area contributed by atoms with Gasteiger partial charge < -0.3 is 19.9 Å². The topological polar surface area (TPSA) is 108 Å². The van der Waals surface area contributed by atoms with E-state index >= 15 is 0 Å². The van der Waals surface area contributed by atoms with Crippen LogP contribution in [0.1, 0.15) is 40.0 Å². The van der Waals surface area contributed by atoms with Gasteiger partial charge in [0.2, 0.25) is 5.91 Å². The molecule has 2 N–H and O–H groups in total. The molecule has 1 aliphatic carbocycles. The highest BCUT2D eigenvalue weighted by atomic mass is 16.5. The predicted molar refractivity (Wildman–Crippen MR) is 134 cm³/mol. The van der Waals surface area contributed by atoms with Gasteiger partial charge in [0.25, 0.3) is 11.5 Å². The van der Waals surface area contributed by atoms with E-state index in [1.165, 1.54) is 0 Å². The van der Waals surface area contributed by atoms with E-state index in [0.29, 0.717) is 55.9 Å². The molecule has 2 aromatic carbocycles. The van der Waals surface area contributed by atoms with Gasteiger partial charge in [-0.05, 0) is 43.1 Å². The first-order valence-electron chi connectivity index (χ1n) is 12.5. The number of ether oxygens (including phenoxy) is 1. The first kappa shape index (κ1) is 22.7. The average Bonchev–Trinajstić information content (AvgIpc) is 3.58. The SMILES string of the molecule is CNC1(C(=O)N2CCN(C(=O)c3cc(Cc4n[nH]c(=O)c5ccccc45)cc4c3OCC4)CC2)CC1. The first-order valence-corrected chi connectivity index (χ1v) is 12.5. The quantitative estimate of drug-likeness (QED) is 0.565. The molecule has 2 aliphatic heterocycles. The Balaban J connectivity index is 1.24. The third-order valence-electron chi connectivity index (χ3n) is 7.71. The van der Waals surface area contributed by atoms with Crippen LogP contribution in [0.4, 0.5) is 0 Å². The molecule has 0 bridgehead atoms. The Hall–Kier alpha value is -3.72. The molecule has 2 amide bonds. The van der Waals surface area contributed by atoms with Crippen molar-refractivity contribution in [1.29, 1.82) is 0 Å². The van der Waals surface area contributed by atoms with E-state index in [0.717, 1.165) is 41.5 Å². The van der Waals surface area contributed by atoms with Crippen LogP contribution in [0.3, 0.4) is 0 Å². The summed E-state index contributed by atoms with van der Waals surface area (Å²) in [5, 5.41) is 11.5. The maximum absolute atomic E-state index is 13.6. The number of hydrogen-bond acceptors (Lipinski definition) is 6. The summed E-state index contributed by atoms with van der Waals surface area (Å²) in [4.78, 5) is 42.4.